The van der Waals surface area contributed by atoms with Crippen LogP contribution >= 0.6 is 27.5 Å². The minimum absolute atomic E-state index is 0.566. The van der Waals surface area contributed by atoms with Gasteiger partial charge in [-0.3, -0.25) is 0 Å². The molecule has 0 aliphatic heterocycles. The Bertz CT molecular complexity index is 413. The summed E-state index contributed by atoms with van der Waals surface area (Å²) in [7, 11) is 0. The van der Waals surface area contributed by atoms with Gasteiger partial charge < -0.3 is 5.32 Å². The van der Waals surface area contributed by atoms with Crippen molar-refractivity contribution in [1.82, 2.24) is 5.32 Å². The SMILES string of the molecule is CCNC(Cc1ccc(Br)cc1Cl)C1CCCCCC1. The predicted octanol–water partition coefficient (Wildman–Crippen LogP) is 5.59. The molecule has 0 amide bonds. The Labute approximate surface area is 136 Å². The maximum absolute atomic E-state index is 6.39. The quantitative estimate of drug-likeness (QED) is 0.676. The van der Waals surface area contributed by atoms with Crippen LogP contribution in [0.3, 0.4) is 0 Å². The summed E-state index contributed by atoms with van der Waals surface area (Å²) in [5.41, 5.74) is 1.27. The average Bonchev–Trinajstić information content (AvgIpc) is 2.70. The van der Waals surface area contributed by atoms with Crippen LogP contribution < -0.4 is 5.32 Å². The maximum Gasteiger partial charge on any atom is 0.0449 e. The fourth-order valence-electron chi connectivity index (χ4n) is 3.31. The number of rotatable bonds is 5. The van der Waals surface area contributed by atoms with Crippen molar-refractivity contribution in [3.05, 3.63) is 33.3 Å². The molecule has 0 aromatic heterocycles. The van der Waals surface area contributed by atoms with Gasteiger partial charge in [-0.05, 0) is 49.4 Å². The van der Waals surface area contributed by atoms with Crippen molar-refractivity contribution in [3.8, 4) is 0 Å². The summed E-state index contributed by atoms with van der Waals surface area (Å²) in [6, 6.07) is 6.83. The highest BCUT2D eigenvalue weighted by Crippen LogP contribution is 2.29. The molecule has 1 saturated carbocycles. The fraction of sp³-hybridized carbons (Fsp3) is 0.647. The molecule has 1 aromatic rings. The van der Waals surface area contributed by atoms with E-state index in [1.165, 1.54) is 44.1 Å². The van der Waals surface area contributed by atoms with Crippen LogP contribution in [-0.2, 0) is 6.42 Å². The standard InChI is InChI=1S/C17H25BrClN/c1-2-20-17(13-7-5-3-4-6-8-13)11-14-9-10-15(18)12-16(14)19/h9-10,12-13,17,20H,2-8,11H2,1H3. The highest BCUT2D eigenvalue weighted by molar-refractivity contribution is 9.10. The number of nitrogens with one attached hydrogen (secondary N) is 1. The van der Waals surface area contributed by atoms with Crippen molar-refractivity contribution in [2.75, 3.05) is 6.54 Å². The second-order valence-electron chi connectivity index (χ2n) is 5.86. The van der Waals surface area contributed by atoms with E-state index in [2.05, 4.69) is 40.3 Å². The van der Waals surface area contributed by atoms with E-state index >= 15 is 0 Å². The fourth-order valence-corrected chi connectivity index (χ4v) is 4.06. The van der Waals surface area contributed by atoms with Gasteiger partial charge in [0.15, 0.2) is 0 Å². The molecular formula is C17H25BrClN. The van der Waals surface area contributed by atoms with E-state index in [-0.39, 0.29) is 0 Å². The Morgan fingerprint density at radius 1 is 1.25 bits per heavy atom. The molecule has 2 rings (SSSR count). The van der Waals surface area contributed by atoms with E-state index in [1.54, 1.807) is 0 Å². The largest absolute Gasteiger partial charge is 0.314 e. The van der Waals surface area contributed by atoms with Crippen molar-refractivity contribution in [1.29, 1.82) is 0 Å². The lowest BCUT2D eigenvalue weighted by molar-refractivity contribution is 0.321. The van der Waals surface area contributed by atoms with Gasteiger partial charge in [-0.15, -0.1) is 0 Å². The molecule has 1 unspecified atom stereocenters. The summed E-state index contributed by atoms with van der Waals surface area (Å²) in [6.07, 6.45) is 9.38. The number of hydrogen-bond donors (Lipinski definition) is 1. The molecule has 1 N–H and O–H groups in total. The molecule has 20 heavy (non-hydrogen) atoms. The minimum atomic E-state index is 0.566. The zero-order chi connectivity index (χ0) is 14.4. The van der Waals surface area contributed by atoms with Crippen molar-refractivity contribution in [2.24, 2.45) is 5.92 Å². The summed E-state index contributed by atoms with van der Waals surface area (Å²) in [4.78, 5) is 0. The first-order valence-electron chi connectivity index (χ1n) is 7.88. The Morgan fingerprint density at radius 3 is 2.55 bits per heavy atom. The van der Waals surface area contributed by atoms with Crippen molar-refractivity contribution in [2.45, 2.75) is 57.9 Å². The molecule has 3 heteroatoms. The monoisotopic (exact) mass is 357 g/mol. The molecule has 112 valence electrons. The smallest absolute Gasteiger partial charge is 0.0449 e. The number of benzene rings is 1. The van der Waals surface area contributed by atoms with Gasteiger partial charge in [0.05, 0.1) is 0 Å². The van der Waals surface area contributed by atoms with Gasteiger partial charge in [0.2, 0.25) is 0 Å². The van der Waals surface area contributed by atoms with Crippen molar-refractivity contribution >= 4 is 27.5 Å². The van der Waals surface area contributed by atoms with E-state index in [0.717, 1.165) is 28.4 Å². The molecule has 1 fully saturated rings. The molecule has 1 aromatic carbocycles. The minimum Gasteiger partial charge on any atom is -0.314 e. The molecule has 1 nitrogen and oxygen atoms in total. The van der Waals surface area contributed by atoms with E-state index in [4.69, 9.17) is 11.6 Å². The molecule has 1 atom stereocenters. The molecule has 1 aliphatic carbocycles. The zero-order valence-electron chi connectivity index (χ0n) is 12.3. The van der Waals surface area contributed by atoms with E-state index in [1.807, 2.05) is 6.07 Å². The van der Waals surface area contributed by atoms with Crippen LogP contribution in [0.5, 0.6) is 0 Å². The zero-order valence-corrected chi connectivity index (χ0v) is 14.6. The summed E-state index contributed by atoms with van der Waals surface area (Å²) < 4.78 is 1.06. The molecule has 0 heterocycles. The lowest BCUT2D eigenvalue weighted by atomic mass is 9.87. The molecule has 0 bridgehead atoms. The number of likely N-dealkylation sites (N-methyl/N-ethyl adjacent to an activating group) is 1. The first kappa shape index (κ1) is 16.3. The Kier molecular flexibility index (Phi) is 6.86. The third-order valence-electron chi connectivity index (χ3n) is 4.39. The van der Waals surface area contributed by atoms with Crippen LogP contribution in [0.2, 0.25) is 5.02 Å². The third kappa shape index (κ3) is 4.75. The van der Waals surface area contributed by atoms with Gasteiger partial charge in [0.1, 0.15) is 0 Å². The van der Waals surface area contributed by atoms with Crippen LogP contribution in [0.15, 0.2) is 22.7 Å². The number of halogens is 2. The van der Waals surface area contributed by atoms with Crippen molar-refractivity contribution in [3.63, 3.8) is 0 Å². The van der Waals surface area contributed by atoms with Crippen LogP contribution in [0, 0.1) is 5.92 Å². The Morgan fingerprint density at radius 2 is 1.95 bits per heavy atom. The highest BCUT2D eigenvalue weighted by Gasteiger charge is 2.22. The van der Waals surface area contributed by atoms with Crippen molar-refractivity contribution < 1.29 is 0 Å². The van der Waals surface area contributed by atoms with Gasteiger partial charge in [-0.1, -0.05) is 66.2 Å². The second-order valence-corrected chi connectivity index (χ2v) is 7.18. The highest BCUT2D eigenvalue weighted by atomic mass is 79.9. The second kappa shape index (κ2) is 8.41. The first-order chi connectivity index (χ1) is 9.70. The van der Waals surface area contributed by atoms with Gasteiger partial charge >= 0.3 is 0 Å². The predicted molar refractivity (Wildman–Crippen MR) is 91.5 cm³/mol. The Balaban J connectivity index is 2.07. The van der Waals surface area contributed by atoms with Crippen LogP contribution in [-0.4, -0.2) is 12.6 Å². The Hall–Kier alpha value is -0.0500. The summed E-state index contributed by atoms with van der Waals surface area (Å²) in [5.74, 6) is 0.803. The molecule has 0 radical (unpaired) electrons. The normalized spacial score (nSPS) is 18.8. The van der Waals surface area contributed by atoms with E-state index in [9.17, 15) is 0 Å². The van der Waals surface area contributed by atoms with Gasteiger partial charge in [-0.25, -0.2) is 0 Å². The van der Waals surface area contributed by atoms with Crippen LogP contribution in [0.1, 0.15) is 51.0 Å². The summed E-state index contributed by atoms with van der Waals surface area (Å²) in [5, 5.41) is 4.59. The first-order valence-corrected chi connectivity index (χ1v) is 9.05. The molecule has 1 aliphatic rings. The van der Waals surface area contributed by atoms with Gasteiger partial charge in [-0.2, -0.15) is 0 Å². The molecule has 0 saturated heterocycles. The molecular weight excluding hydrogens is 334 g/mol. The topological polar surface area (TPSA) is 12.0 Å². The van der Waals surface area contributed by atoms with Gasteiger partial charge in [0, 0.05) is 15.5 Å². The average molecular weight is 359 g/mol. The lowest BCUT2D eigenvalue weighted by Gasteiger charge is -2.27. The lowest BCUT2D eigenvalue weighted by Crippen LogP contribution is -2.38. The molecule has 0 spiro atoms. The summed E-state index contributed by atoms with van der Waals surface area (Å²) >= 11 is 9.87. The van der Waals surface area contributed by atoms with E-state index in [0.29, 0.717) is 6.04 Å². The number of hydrogen-bond acceptors (Lipinski definition) is 1. The summed E-state index contributed by atoms with van der Waals surface area (Å²) in [6.45, 7) is 3.24. The van der Waals surface area contributed by atoms with Gasteiger partial charge in [0.25, 0.3) is 0 Å². The van der Waals surface area contributed by atoms with E-state index < -0.39 is 0 Å². The van der Waals surface area contributed by atoms with Crippen LogP contribution in [0.25, 0.3) is 0 Å². The third-order valence-corrected chi connectivity index (χ3v) is 5.24. The van der Waals surface area contributed by atoms with Crippen LogP contribution in [0.4, 0.5) is 0 Å². The maximum atomic E-state index is 6.39.